The highest BCUT2D eigenvalue weighted by molar-refractivity contribution is 7.75. The summed E-state index contributed by atoms with van der Waals surface area (Å²) in [5, 5.41) is 0. The monoisotopic (exact) mass is 408 g/mol. The third-order valence-corrected chi connectivity index (χ3v) is 5.79. The molecular weight excluding hydrogens is 391 g/mol. The average Bonchev–Trinajstić information content (AvgIpc) is 3.45. The number of aromatic nitrogens is 4. The van der Waals surface area contributed by atoms with Crippen LogP contribution >= 0.6 is 0 Å². The first-order valence-electron chi connectivity index (χ1n) is 8.79. The highest BCUT2D eigenvalue weighted by Crippen LogP contribution is 2.41. The van der Waals surface area contributed by atoms with Crippen LogP contribution in [0.25, 0.3) is 22.7 Å². The van der Waals surface area contributed by atoms with E-state index in [0.29, 0.717) is 34.5 Å². The van der Waals surface area contributed by atoms with E-state index >= 15 is 0 Å². The minimum absolute atomic E-state index is 0.101. The van der Waals surface area contributed by atoms with Crippen LogP contribution in [-0.4, -0.2) is 26.1 Å². The summed E-state index contributed by atoms with van der Waals surface area (Å²) in [5.41, 5.74) is 0.861. The first kappa shape index (κ1) is 18.9. The molecule has 1 saturated carbocycles. The van der Waals surface area contributed by atoms with Gasteiger partial charge in [0.05, 0.1) is 11.3 Å². The quantitative estimate of drug-likeness (QED) is 0.598. The van der Waals surface area contributed by atoms with Crippen LogP contribution in [0.1, 0.15) is 36.8 Å². The summed E-state index contributed by atoms with van der Waals surface area (Å²) in [5.74, 6) is 0.717. The van der Waals surface area contributed by atoms with Gasteiger partial charge in [0, 0.05) is 26.0 Å². The fraction of sp³-hybridized carbons (Fsp3) is 0.389. The summed E-state index contributed by atoms with van der Waals surface area (Å²) in [6.45, 7) is 2.16. The van der Waals surface area contributed by atoms with E-state index in [-0.39, 0.29) is 5.52 Å². The Balaban J connectivity index is 1.90. The summed E-state index contributed by atoms with van der Waals surface area (Å²) in [6.07, 6.45) is 0.120. The molecule has 3 heterocycles. The molecule has 4 rings (SSSR count). The molecule has 0 amide bonds. The maximum atomic E-state index is 13.0. The van der Waals surface area contributed by atoms with Crippen LogP contribution in [-0.2, 0) is 28.0 Å². The lowest BCUT2D eigenvalue weighted by Gasteiger charge is -2.13. The second kappa shape index (κ2) is 6.84. The van der Waals surface area contributed by atoms with Crippen molar-refractivity contribution < 1.29 is 17.4 Å². The van der Waals surface area contributed by atoms with Gasteiger partial charge >= 0.3 is 6.18 Å². The number of pyridine rings is 2. The number of imidazole rings is 1. The van der Waals surface area contributed by atoms with Crippen molar-refractivity contribution in [2.24, 2.45) is 11.4 Å². The molecule has 3 aromatic rings. The normalized spacial score (nSPS) is 16.0. The number of hydrogen-bond acceptors (Lipinski definition) is 6. The summed E-state index contributed by atoms with van der Waals surface area (Å²) in [7, 11) is 0.00977. The molecule has 0 N–H and O–H groups in total. The predicted octanol–water partition coefficient (Wildman–Crippen LogP) is 4.45. The van der Waals surface area contributed by atoms with Gasteiger partial charge in [-0.2, -0.15) is 23.8 Å². The van der Waals surface area contributed by atoms with E-state index in [9.17, 15) is 17.4 Å². The third-order valence-electron chi connectivity index (χ3n) is 4.61. The van der Waals surface area contributed by atoms with Gasteiger partial charge in [0.2, 0.25) is 0 Å². The van der Waals surface area contributed by atoms with Gasteiger partial charge in [0.25, 0.3) is 0 Å². The molecule has 148 valence electrons. The largest absolute Gasteiger partial charge is 0.440 e. The predicted molar refractivity (Wildman–Crippen MR) is 98.0 cm³/mol. The Morgan fingerprint density at radius 1 is 1.25 bits per heavy atom. The maximum Gasteiger partial charge on any atom is 0.417 e. The number of halogens is 3. The Bertz CT molecular complexity index is 1140. The highest BCUT2D eigenvalue weighted by atomic mass is 32.2. The van der Waals surface area contributed by atoms with Gasteiger partial charge in [-0.05, 0) is 37.3 Å². The summed E-state index contributed by atoms with van der Waals surface area (Å²) < 4.78 is 57.2. The van der Waals surface area contributed by atoms with Crippen molar-refractivity contribution in [1.29, 1.82) is 0 Å². The smallest absolute Gasteiger partial charge is 0.417 e. The molecular formula is C18H17F3N5OS-. The van der Waals surface area contributed by atoms with Gasteiger partial charge in [-0.25, -0.2) is 9.97 Å². The minimum atomic E-state index is -4.50. The average molecular weight is 408 g/mol. The first-order valence-corrected chi connectivity index (χ1v) is 9.89. The maximum absolute atomic E-state index is 13.0. The lowest BCUT2D eigenvalue weighted by Crippen LogP contribution is -2.05. The van der Waals surface area contributed by atoms with Crippen molar-refractivity contribution in [1.82, 2.24) is 19.5 Å². The SMILES string of the molecule is CCN=[S-](=O)c1cc(C2CC2)cnc1-c1nc2cc(C(F)(F)F)cnc2n1C. The Morgan fingerprint density at radius 3 is 2.64 bits per heavy atom. The minimum Gasteiger partial charge on any atom is -0.440 e. The van der Waals surface area contributed by atoms with E-state index in [1.54, 1.807) is 24.7 Å². The second-order valence-corrected chi connectivity index (χ2v) is 7.84. The van der Waals surface area contributed by atoms with Crippen molar-refractivity contribution in [3.8, 4) is 11.5 Å². The zero-order valence-electron chi connectivity index (χ0n) is 15.2. The van der Waals surface area contributed by atoms with E-state index in [2.05, 4.69) is 19.3 Å². The summed E-state index contributed by atoms with van der Waals surface area (Å²) >= 11 is 0. The molecule has 0 radical (unpaired) electrons. The number of fused-ring (bicyclic) bond motifs is 1. The van der Waals surface area contributed by atoms with Gasteiger partial charge in [-0.3, -0.25) is 4.98 Å². The Labute approximate surface area is 161 Å². The van der Waals surface area contributed by atoms with Crippen molar-refractivity contribution in [3.05, 3.63) is 35.7 Å². The third kappa shape index (κ3) is 3.36. The van der Waals surface area contributed by atoms with E-state index in [1.165, 1.54) is 0 Å². The fourth-order valence-electron chi connectivity index (χ4n) is 3.03. The number of rotatable bonds is 4. The molecule has 0 aliphatic heterocycles. The summed E-state index contributed by atoms with van der Waals surface area (Å²) in [4.78, 5) is 13.1. The first-order chi connectivity index (χ1) is 13.3. The molecule has 0 aromatic carbocycles. The van der Waals surface area contributed by atoms with Gasteiger partial charge in [-0.15, -0.1) is 0 Å². The molecule has 0 saturated heterocycles. The molecule has 28 heavy (non-hydrogen) atoms. The van der Waals surface area contributed by atoms with Crippen LogP contribution in [0.4, 0.5) is 13.2 Å². The molecule has 0 unspecified atom stereocenters. The summed E-state index contributed by atoms with van der Waals surface area (Å²) in [6, 6.07) is 2.78. The van der Waals surface area contributed by atoms with Gasteiger partial charge in [0.15, 0.2) is 11.5 Å². The molecule has 6 nitrogen and oxygen atoms in total. The number of nitrogens with zero attached hydrogens (tertiary/aromatic N) is 5. The van der Waals surface area contributed by atoms with Crippen molar-refractivity contribution >= 4 is 21.8 Å². The molecule has 1 aliphatic carbocycles. The Morgan fingerprint density at radius 2 is 2.00 bits per heavy atom. The highest BCUT2D eigenvalue weighted by Gasteiger charge is 2.32. The van der Waals surface area contributed by atoms with E-state index < -0.39 is 22.3 Å². The fourth-order valence-corrected chi connectivity index (χ4v) is 3.95. The van der Waals surface area contributed by atoms with Crippen LogP contribution in [0, 0.1) is 0 Å². The van der Waals surface area contributed by atoms with Crippen molar-refractivity contribution in [2.75, 3.05) is 6.54 Å². The van der Waals surface area contributed by atoms with Crippen LogP contribution < -0.4 is 0 Å². The van der Waals surface area contributed by atoms with Crippen LogP contribution in [0.2, 0.25) is 0 Å². The standard InChI is InChI=1S/C18H17F3N5OS/c1-3-24-28(27)14-6-11(10-4-5-10)8-22-15(14)17-25-13-7-12(18(19,20)21)9-23-16(13)26(17)2/h6-10H,3-5H2,1-2H3/q-1. The van der Waals surface area contributed by atoms with Crippen LogP contribution in [0.5, 0.6) is 0 Å². The zero-order valence-corrected chi connectivity index (χ0v) is 16.0. The zero-order chi connectivity index (χ0) is 20.1. The lowest BCUT2D eigenvalue weighted by molar-refractivity contribution is -0.137. The molecule has 0 spiro atoms. The molecule has 1 aliphatic rings. The van der Waals surface area contributed by atoms with E-state index in [0.717, 1.165) is 30.7 Å². The van der Waals surface area contributed by atoms with Gasteiger partial charge < -0.3 is 13.1 Å². The van der Waals surface area contributed by atoms with Crippen molar-refractivity contribution in [3.63, 3.8) is 0 Å². The van der Waals surface area contributed by atoms with Crippen molar-refractivity contribution in [2.45, 2.75) is 36.8 Å². The van der Waals surface area contributed by atoms with Crippen LogP contribution in [0.15, 0.2) is 33.8 Å². The molecule has 3 aromatic heterocycles. The number of alkyl halides is 3. The van der Waals surface area contributed by atoms with E-state index in [4.69, 9.17) is 0 Å². The molecule has 0 bridgehead atoms. The second-order valence-electron chi connectivity index (χ2n) is 6.64. The molecule has 10 heteroatoms. The van der Waals surface area contributed by atoms with Gasteiger partial charge in [0.1, 0.15) is 5.52 Å². The number of hydrogen-bond donors (Lipinski definition) is 0. The Hall–Kier alpha value is -2.49. The van der Waals surface area contributed by atoms with Crippen LogP contribution in [0.3, 0.4) is 0 Å². The van der Waals surface area contributed by atoms with Gasteiger partial charge in [-0.1, -0.05) is 11.0 Å². The number of aryl methyl sites for hydroxylation is 1. The molecule has 0 atom stereocenters. The topological polar surface area (TPSA) is 73.0 Å². The Kier molecular flexibility index (Phi) is 4.60. The van der Waals surface area contributed by atoms with E-state index in [1.807, 2.05) is 6.07 Å². The lowest BCUT2D eigenvalue weighted by atomic mass is 10.2. The molecule has 1 fully saturated rings.